The molecular weight excluding hydrogens is 254 g/mol. The minimum absolute atomic E-state index is 0.0344. The van der Waals surface area contributed by atoms with Crippen LogP contribution in [0.4, 0.5) is 4.79 Å². The van der Waals surface area contributed by atoms with E-state index in [1.54, 1.807) is 0 Å². The molecule has 0 aromatic rings. The van der Waals surface area contributed by atoms with E-state index in [2.05, 4.69) is 17.1 Å². The summed E-state index contributed by atoms with van der Waals surface area (Å²) in [5.41, 5.74) is 0. The molecule has 0 bridgehead atoms. The van der Waals surface area contributed by atoms with E-state index >= 15 is 0 Å². The highest BCUT2D eigenvalue weighted by molar-refractivity contribution is 5.67. The van der Waals surface area contributed by atoms with Crippen molar-refractivity contribution in [2.24, 2.45) is 0 Å². The highest BCUT2D eigenvalue weighted by atomic mass is 16.6. The van der Waals surface area contributed by atoms with Crippen molar-refractivity contribution < 1.29 is 9.53 Å². The van der Waals surface area contributed by atoms with Gasteiger partial charge in [-0.3, -0.25) is 4.90 Å². The van der Waals surface area contributed by atoms with Gasteiger partial charge in [-0.25, -0.2) is 4.79 Å². The molecule has 20 heavy (non-hydrogen) atoms. The quantitative estimate of drug-likeness (QED) is 0.692. The van der Waals surface area contributed by atoms with Gasteiger partial charge in [-0.05, 0) is 26.8 Å². The smallest absolute Gasteiger partial charge is 0.410 e. The maximum atomic E-state index is 11.7. The zero-order valence-electron chi connectivity index (χ0n) is 13.4. The van der Waals surface area contributed by atoms with Crippen LogP contribution in [0.5, 0.6) is 0 Å². The van der Waals surface area contributed by atoms with Crippen molar-refractivity contribution in [1.29, 1.82) is 0 Å². The maximum absolute atomic E-state index is 11.7. The molecule has 1 heterocycles. The van der Waals surface area contributed by atoms with E-state index in [1.165, 1.54) is 19.3 Å². The van der Waals surface area contributed by atoms with Gasteiger partial charge in [-0.2, -0.15) is 0 Å². The summed E-state index contributed by atoms with van der Waals surface area (Å²) in [7, 11) is 0. The van der Waals surface area contributed by atoms with Crippen LogP contribution in [0.1, 0.15) is 40.0 Å². The first-order valence-corrected chi connectivity index (χ1v) is 8.02. The monoisotopic (exact) mass is 285 g/mol. The van der Waals surface area contributed by atoms with Gasteiger partial charge in [0.25, 0.3) is 0 Å². The molecule has 0 unspecified atom stereocenters. The molecule has 1 saturated heterocycles. The highest BCUT2D eigenvalue weighted by Crippen LogP contribution is 2.04. The van der Waals surface area contributed by atoms with Gasteiger partial charge in [0, 0.05) is 39.3 Å². The molecule has 0 aromatic carbocycles. The lowest BCUT2D eigenvalue weighted by Crippen LogP contribution is -2.50. The van der Waals surface area contributed by atoms with Gasteiger partial charge in [0.2, 0.25) is 0 Å². The predicted molar refractivity (Wildman–Crippen MR) is 82.0 cm³/mol. The standard InChI is InChI=1S/C15H31N3O2/c1-4-5-6-7-16-8-9-17-10-12-18(13-11-17)15(19)20-14(2)3/h14,16H,4-13H2,1-3H3. The molecule has 1 amide bonds. The second-order valence-corrected chi connectivity index (χ2v) is 5.72. The summed E-state index contributed by atoms with van der Waals surface area (Å²) in [5.74, 6) is 0. The van der Waals surface area contributed by atoms with Crippen molar-refractivity contribution >= 4 is 6.09 Å². The molecule has 5 heteroatoms. The van der Waals surface area contributed by atoms with Gasteiger partial charge >= 0.3 is 6.09 Å². The van der Waals surface area contributed by atoms with Crippen LogP contribution in [0.25, 0.3) is 0 Å². The maximum Gasteiger partial charge on any atom is 0.410 e. The minimum Gasteiger partial charge on any atom is -0.447 e. The molecule has 1 N–H and O–H groups in total. The average Bonchev–Trinajstić information content (AvgIpc) is 2.42. The first-order chi connectivity index (χ1) is 9.63. The van der Waals surface area contributed by atoms with Crippen molar-refractivity contribution in [3.63, 3.8) is 0 Å². The van der Waals surface area contributed by atoms with Crippen LogP contribution in [0.3, 0.4) is 0 Å². The molecule has 0 saturated carbocycles. The molecule has 0 aliphatic carbocycles. The van der Waals surface area contributed by atoms with Crippen molar-refractivity contribution in [3.05, 3.63) is 0 Å². The van der Waals surface area contributed by atoms with E-state index in [9.17, 15) is 4.79 Å². The number of rotatable bonds is 8. The fourth-order valence-corrected chi connectivity index (χ4v) is 2.29. The summed E-state index contributed by atoms with van der Waals surface area (Å²) < 4.78 is 5.22. The molecule has 0 aromatic heterocycles. The Morgan fingerprint density at radius 3 is 2.45 bits per heavy atom. The van der Waals surface area contributed by atoms with Gasteiger partial charge in [-0.15, -0.1) is 0 Å². The number of hydrogen-bond acceptors (Lipinski definition) is 4. The van der Waals surface area contributed by atoms with E-state index in [0.717, 1.165) is 45.8 Å². The Labute approximate surface area is 123 Å². The Kier molecular flexibility index (Phi) is 8.62. The minimum atomic E-state index is -0.169. The number of carbonyl (C=O) groups is 1. The molecular formula is C15H31N3O2. The van der Waals surface area contributed by atoms with E-state index in [1.807, 2.05) is 18.7 Å². The molecule has 0 spiro atoms. The molecule has 0 atom stereocenters. The third-order valence-corrected chi connectivity index (χ3v) is 3.53. The summed E-state index contributed by atoms with van der Waals surface area (Å²) in [6.45, 7) is 12.7. The van der Waals surface area contributed by atoms with E-state index in [4.69, 9.17) is 4.74 Å². The molecule has 118 valence electrons. The Morgan fingerprint density at radius 2 is 1.85 bits per heavy atom. The van der Waals surface area contributed by atoms with Crippen molar-refractivity contribution in [1.82, 2.24) is 15.1 Å². The van der Waals surface area contributed by atoms with Gasteiger partial charge in [0.15, 0.2) is 0 Å². The van der Waals surface area contributed by atoms with Gasteiger partial charge < -0.3 is 15.0 Å². The molecule has 1 rings (SSSR count). The first-order valence-electron chi connectivity index (χ1n) is 8.02. The fraction of sp³-hybridized carbons (Fsp3) is 0.933. The summed E-state index contributed by atoms with van der Waals surface area (Å²) >= 11 is 0. The van der Waals surface area contributed by atoms with Crippen LogP contribution in [-0.2, 0) is 4.74 Å². The second-order valence-electron chi connectivity index (χ2n) is 5.72. The molecule has 0 radical (unpaired) electrons. The molecule has 5 nitrogen and oxygen atoms in total. The summed E-state index contributed by atoms with van der Waals surface area (Å²) in [4.78, 5) is 16.0. The first kappa shape index (κ1) is 17.2. The fourth-order valence-electron chi connectivity index (χ4n) is 2.29. The summed E-state index contributed by atoms with van der Waals surface area (Å²) in [5, 5.41) is 3.48. The number of ether oxygens (including phenoxy) is 1. The van der Waals surface area contributed by atoms with Crippen molar-refractivity contribution in [2.45, 2.75) is 46.1 Å². The number of hydrogen-bond donors (Lipinski definition) is 1. The third kappa shape index (κ3) is 7.10. The molecule has 1 aliphatic heterocycles. The lowest BCUT2D eigenvalue weighted by atomic mass is 10.2. The van der Waals surface area contributed by atoms with Crippen LogP contribution in [-0.4, -0.2) is 67.8 Å². The van der Waals surface area contributed by atoms with Crippen molar-refractivity contribution in [3.8, 4) is 0 Å². The number of unbranched alkanes of at least 4 members (excludes halogenated alkanes) is 2. The molecule has 1 aliphatic rings. The van der Waals surface area contributed by atoms with E-state index in [-0.39, 0.29) is 12.2 Å². The van der Waals surface area contributed by atoms with Crippen LogP contribution in [0.15, 0.2) is 0 Å². The third-order valence-electron chi connectivity index (χ3n) is 3.53. The predicted octanol–water partition coefficient (Wildman–Crippen LogP) is 1.93. The largest absolute Gasteiger partial charge is 0.447 e. The van der Waals surface area contributed by atoms with Gasteiger partial charge in [-0.1, -0.05) is 19.8 Å². The average molecular weight is 285 g/mol. The zero-order valence-corrected chi connectivity index (χ0v) is 13.4. The van der Waals surface area contributed by atoms with Crippen LogP contribution in [0, 0.1) is 0 Å². The number of piperazine rings is 1. The lowest BCUT2D eigenvalue weighted by Gasteiger charge is -2.34. The number of amides is 1. The number of carbonyl (C=O) groups excluding carboxylic acids is 1. The van der Waals surface area contributed by atoms with Crippen LogP contribution >= 0.6 is 0 Å². The Hall–Kier alpha value is -0.810. The lowest BCUT2D eigenvalue weighted by molar-refractivity contribution is 0.0574. The Morgan fingerprint density at radius 1 is 1.15 bits per heavy atom. The van der Waals surface area contributed by atoms with E-state index in [0.29, 0.717) is 0 Å². The second kappa shape index (κ2) is 10.00. The van der Waals surface area contributed by atoms with Gasteiger partial charge in [0.05, 0.1) is 6.10 Å². The summed E-state index contributed by atoms with van der Waals surface area (Å²) in [6, 6.07) is 0. The van der Waals surface area contributed by atoms with Crippen molar-refractivity contribution in [2.75, 3.05) is 45.8 Å². The topological polar surface area (TPSA) is 44.8 Å². The van der Waals surface area contributed by atoms with Crippen LogP contribution in [0.2, 0.25) is 0 Å². The van der Waals surface area contributed by atoms with Crippen LogP contribution < -0.4 is 5.32 Å². The van der Waals surface area contributed by atoms with Gasteiger partial charge in [0.1, 0.15) is 0 Å². The number of nitrogens with one attached hydrogen (secondary N) is 1. The Bertz CT molecular complexity index is 264. The number of nitrogens with zero attached hydrogens (tertiary/aromatic N) is 2. The summed E-state index contributed by atoms with van der Waals surface area (Å²) in [6.07, 6.45) is 3.65. The normalized spacial score (nSPS) is 16.7. The zero-order chi connectivity index (χ0) is 14.8. The highest BCUT2D eigenvalue weighted by Gasteiger charge is 2.22. The SMILES string of the molecule is CCCCCNCCN1CCN(C(=O)OC(C)C)CC1. The molecule has 1 fully saturated rings. The Balaban J connectivity index is 2.05. The van der Waals surface area contributed by atoms with E-state index < -0.39 is 0 Å².